The maximum absolute atomic E-state index is 11.2. The second-order valence-electron chi connectivity index (χ2n) is 5.29. The van der Waals surface area contributed by atoms with Crippen LogP contribution in [0.4, 0.5) is 0 Å². The average Bonchev–Trinajstić information content (AvgIpc) is 3.11. The van der Waals surface area contributed by atoms with Crippen molar-refractivity contribution in [1.29, 1.82) is 0 Å². The minimum atomic E-state index is -0.0972. The van der Waals surface area contributed by atoms with E-state index < -0.39 is 0 Å². The smallest absolute Gasteiger partial charge is 0.323 e. The molecule has 2 aliphatic rings. The Labute approximate surface area is 127 Å². The van der Waals surface area contributed by atoms with Gasteiger partial charge < -0.3 is 14.8 Å². The van der Waals surface area contributed by atoms with E-state index in [2.05, 4.69) is 10.2 Å². The number of nitrogens with one attached hydrogen (secondary N) is 1. The molecule has 0 unspecified atom stereocenters. The number of carbonyl (C=O) groups is 2. The molecule has 0 aromatic carbocycles. The molecule has 0 aromatic heterocycles. The van der Waals surface area contributed by atoms with Crippen LogP contribution >= 0.6 is 0 Å². The lowest BCUT2D eigenvalue weighted by Crippen LogP contribution is -2.34. The van der Waals surface area contributed by atoms with E-state index in [0.717, 1.165) is 38.8 Å². The third kappa shape index (κ3) is 6.01. The number of likely N-dealkylation sites (N-methyl/N-ethyl adjacent to an activating group) is 1. The molecule has 2 heterocycles. The third-order valence-electron chi connectivity index (χ3n) is 3.71. The van der Waals surface area contributed by atoms with Crippen molar-refractivity contribution >= 4 is 11.9 Å². The van der Waals surface area contributed by atoms with Crippen molar-refractivity contribution in [3.63, 3.8) is 0 Å². The number of hydrogen-bond donors (Lipinski definition) is 1. The molecule has 0 radical (unpaired) electrons. The molecule has 0 saturated carbocycles. The number of likely N-dealkylation sites (tertiary alicyclic amines) is 1. The van der Waals surface area contributed by atoms with E-state index >= 15 is 0 Å². The zero-order valence-corrected chi connectivity index (χ0v) is 13.4. The summed E-state index contributed by atoms with van der Waals surface area (Å²) in [6.45, 7) is 6.60. The van der Waals surface area contributed by atoms with Crippen LogP contribution in [0.25, 0.3) is 0 Å². The molecule has 2 aliphatic heterocycles. The first-order valence-corrected chi connectivity index (χ1v) is 7.87. The van der Waals surface area contributed by atoms with Crippen molar-refractivity contribution in [3.8, 4) is 0 Å². The van der Waals surface area contributed by atoms with Gasteiger partial charge in [0.2, 0.25) is 0 Å². The summed E-state index contributed by atoms with van der Waals surface area (Å²) < 4.78 is 9.74. The first kappa shape index (κ1) is 17.9. The Kier molecular flexibility index (Phi) is 8.30. The monoisotopic (exact) mass is 300 g/mol. The molecular formula is C15H28N2O4. The maximum Gasteiger partial charge on any atom is 0.323 e. The summed E-state index contributed by atoms with van der Waals surface area (Å²) in [6, 6.07) is -0.00472. The standard InChI is InChI=1S/C8H15NO2.C7H13NO2/c1-3-11-8(10)7-5-4-6-9(7)2;1-2-10-7(9)6-4-3-5-8-6/h7H,3-6H2,1-2H3;6,8H,2-5H2,1H3/t7-;6-/m00/s1. The van der Waals surface area contributed by atoms with Gasteiger partial charge in [0.1, 0.15) is 12.1 Å². The highest BCUT2D eigenvalue weighted by molar-refractivity contribution is 5.76. The van der Waals surface area contributed by atoms with Crippen LogP contribution in [-0.4, -0.2) is 62.3 Å². The molecule has 0 aliphatic carbocycles. The maximum atomic E-state index is 11.2. The van der Waals surface area contributed by atoms with Crippen molar-refractivity contribution in [3.05, 3.63) is 0 Å². The lowest BCUT2D eigenvalue weighted by atomic mass is 10.2. The van der Waals surface area contributed by atoms with Crippen LogP contribution < -0.4 is 5.32 Å². The van der Waals surface area contributed by atoms with E-state index in [0.29, 0.717) is 13.2 Å². The van der Waals surface area contributed by atoms with Gasteiger partial charge in [0, 0.05) is 0 Å². The van der Waals surface area contributed by atoms with Crippen molar-refractivity contribution in [2.45, 2.75) is 51.6 Å². The summed E-state index contributed by atoms with van der Waals surface area (Å²) in [5.74, 6) is -0.160. The molecule has 0 amide bonds. The summed E-state index contributed by atoms with van der Waals surface area (Å²) in [6.07, 6.45) is 4.08. The van der Waals surface area contributed by atoms with Crippen LogP contribution in [-0.2, 0) is 19.1 Å². The lowest BCUT2D eigenvalue weighted by molar-refractivity contribution is -0.148. The quantitative estimate of drug-likeness (QED) is 0.780. The molecule has 2 rings (SSSR count). The number of esters is 2. The van der Waals surface area contributed by atoms with Crippen molar-refractivity contribution in [2.24, 2.45) is 0 Å². The fourth-order valence-electron chi connectivity index (χ4n) is 2.58. The van der Waals surface area contributed by atoms with Crippen LogP contribution in [0.3, 0.4) is 0 Å². The van der Waals surface area contributed by atoms with E-state index in [9.17, 15) is 9.59 Å². The fourth-order valence-corrected chi connectivity index (χ4v) is 2.58. The Morgan fingerprint density at radius 2 is 1.76 bits per heavy atom. The predicted octanol–water partition coefficient (Wildman–Crippen LogP) is 0.945. The van der Waals surface area contributed by atoms with E-state index in [4.69, 9.17) is 9.47 Å². The van der Waals surface area contributed by atoms with Crippen LogP contribution in [0.5, 0.6) is 0 Å². The second kappa shape index (κ2) is 9.73. The Morgan fingerprint density at radius 1 is 1.10 bits per heavy atom. The molecule has 6 heteroatoms. The summed E-state index contributed by atoms with van der Waals surface area (Å²) in [7, 11) is 1.97. The summed E-state index contributed by atoms with van der Waals surface area (Å²) in [4.78, 5) is 24.2. The molecule has 2 fully saturated rings. The van der Waals surface area contributed by atoms with Gasteiger partial charge in [-0.05, 0) is 59.7 Å². The molecule has 122 valence electrons. The van der Waals surface area contributed by atoms with Gasteiger partial charge >= 0.3 is 11.9 Å². The Balaban J connectivity index is 0.000000211. The van der Waals surface area contributed by atoms with Gasteiger partial charge in [-0.15, -0.1) is 0 Å². The van der Waals surface area contributed by atoms with Gasteiger partial charge in [-0.2, -0.15) is 0 Å². The highest BCUT2D eigenvalue weighted by Crippen LogP contribution is 2.15. The summed E-state index contributed by atoms with van der Waals surface area (Å²) >= 11 is 0. The Morgan fingerprint density at radius 3 is 2.24 bits per heavy atom. The molecular weight excluding hydrogens is 272 g/mol. The van der Waals surface area contributed by atoms with Gasteiger partial charge in [-0.25, -0.2) is 0 Å². The fraction of sp³-hybridized carbons (Fsp3) is 0.867. The van der Waals surface area contributed by atoms with Gasteiger partial charge in [0.05, 0.1) is 13.2 Å². The predicted molar refractivity (Wildman–Crippen MR) is 79.9 cm³/mol. The van der Waals surface area contributed by atoms with E-state index in [1.54, 1.807) is 0 Å². The number of hydrogen-bond acceptors (Lipinski definition) is 6. The zero-order chi connectivity index (χ0) is 15.7. The molecule has 21 heavy (non-hydrogen) atoms. The van der Waals surface area contributed by atoms with Gasteiger partial charge in [0.15, 0.2) is 0 Å². The normalized spacial score (nSPS) is 25.1. The Bertz CT molecular complexity index is 330. The van der Waals surface area contributed by atoms with Crippen LogP contribution in [0.2, 0.25) is 0 Å². The minimum Gasteiger partial charge on any atom is -0.465 e. The SMILES string of the molecule is CCOC(=O)[C@@H]1CCCN1.CCOC(=O)[C@@H]1CCCN1C. The molecule has 2 atom stereocenters. The highest BCUT2D eigenvalue weighted by atomic mass is 16.5. The molecule has 0 aromatic rings. The zero-order valence-electron chi connectivity index (χ0n) is 13.4. The Hall–Kier alpha value is -1.14. The molecule has 0 spiro atoms. The lowest BCUT2D eigenvalue weighted by Gasteiger charge is -2.16. The summed E-state index contributed by atoms with van der Waals surface area (Å²) in [5.41, 5.74) is 0. The highest BCUT2D eigenvalue weighted by Gasteiger charge is 2.28. The number of carbonyl (C=O) groups excluding carboxylic acids is 2. The van der Waals surface area contributed by atoms with Crippen LogP contribution in [0.1, 0.15) is 39.5 Å². The van der Waals surface area contributed by atoms with Crippen molar-refractivity contribution in [2.75, 3.05) is 33.4 Å². The summed E-state index contributed by atoms with van der Waals surface area (Å²) in [5, 5.41) is 3.07. The first-order chi connectivity index (χ1) is 10.1. The van der Waals surface area contributed by atoms with Crippen molar-refractivity contribution in [1.82, 2.24) is 10.2 Å². The largest absolute Gasteiger partial charge is 0.465 e. The van der Waals surface area contributed by atoms with E-state index in [1.165, 1.54) is 0 Å². The average molecular weight is 300 g/mol. The molecule has 6 nitrogen and oxygen atoms in total. The van der Waals surface area contributed by atoms with Crippen molar-refractivity contribution < 1.29 is 19.1 Å². The third-order valence-corrected chi connectivity index (χ3v) is 3.71. The molecule has 0 bridgehead atoms. The first-order valence-electron chi connectivity index (χ1n) is 7.87. The van der Waals surface area contributed by atoms with Crippen LogP contribution in [0.15, 0.2) is 0 Å². The topological polar surface area (TPSA) is 67.9 Å². The van der Waals surface area contributed by atoms with E-state index in [1.807, 2.05) is 20.9 Å². The molecule has 2 saturated heterocycles. The van der Waals surface area contributed by atoms with Gasteiger partial charge in [-0.1, -0.05) is 0 Å². The number of nitrogens with zero attached hydrogens (tertiary/aromatic N) is 1. The molecule has 1 N–H and O–H groups in total. The second-order valence-corrected chi connectivity index (χ2v) is 5.29. The van der Waals surface area contributed by atoms with E-state index in [-0.39, 0.29) is 24.0 Å². The number of rotatable bonds is 4. The minimum absolute atomic E-state index is 0.0231. The van der Waals surface area contributed by atoms with Gasteiger partial charge in [0.25, 0.3) is 0 Å². The van der Waals surface area contributed by atoms with Gasteiger partial charge in [-0.3, -0.25) is 14.5 Å². The number of ether oxygens (including phenoxy) is 2. The van der Waals surface area contributed by atoms with Crippen LogP contribution in [0, 0.1) is 0 Å².